The number of nitrogens with zero attached hydrogens (tertiary/aromatic N) is 3. The standard InChI is InChI=1S/C14H15ClN4O2/c1-18-14-4-2-3-12(10(14)8-16-18)17-13-7-9(19(20)21)5-6-11(13)15/h5-8,12,17H,2-4H2,1H3. The Bertz CT molecular complexity index is 698. The number of anilines is 1. The molecule has 1 aliphatic carbocycles. The van der Waals surface area contributed by atoms with Crippen molar-refractivity contribution in [3.8, 4) is 0 Å². The van der Waals surface area contributed by atoms with Gasteiger partial charge in [0.05, 0.1) is 27.9 Å². The van der Waals surface area contributed by atoms with E-state index in [2.05, 4.69) is 10.4 Å². The van der Waals surface area contributed by atoms with Crippen molar-refractivity contribution in [1.29, 1.82) is 0 Å². The first kappa shape index (κ1) is 13.9. The Hall–Kier alpha value is -2.08. The van der Waals surface area contributed by atoms with Crippen LogP contribution in [-0.4, -0.2) is 14.7 Å². The van der Waals surface area contributed by atoms with E-state index in [0.717, 1.165) is 24.8 Å². The van der Waals surface area contributed by atoms with Gasteiger partial charge in [0.15, 0.2) is 0 Å². The number of nitro benzene ring substituents is 1. The molecular weight excluding hydrogens is 292 g/mol. The first-order chi connectivity index (χ1) is 10.1. The molecule has 1 aromatic heterocycles. The summed E-state index contributed by atoms with van der Waals surface area (Å²) in [5.41, 5.74) is 2.98. The van der Waals surface area contributed by atoms with E-state index < -0.39 is 4.92 Å². The van der Waals surface area contributed by atoms with E-state index in [-0.39, 0.29) is 11.7 Å². The highest BCUT2D eigenvalue weighted by molar-refractivity contribution is 6.33. The Morgan fingerprint density at radius 1 is 1.52 bits per heavy atom. The SMILES string of the molecule is Cn1ncc2c1CCCC2Nc1cc([N+](=O)[O-])ccc1Cl. The van der Waals surface area contributed by atoms with E-state index >= 15 is 0 Å². The van der Waals surface area contributed by atoms with E-state index in [0.29, 0.717) is 10.7 Å². The second kappa shape index (κ2) is 5.37. The summed E-state index contributed by atoms with van der Waals surface area (Å²) in [6.07, 6.45) is 4.87. The molecule has 1 atom stereocenters. The lowest BCUT2D eigenvalue weighted by Gasteiger charge is -2.25. The van der Waals surface area contributed by atoms with Crippen LogP contribution in [0.15, 0.2) is 24.4 Å². The Kier molecular flexibility index (Phi) is 3.55. The van der Waals surface area contributed by atoms with E-state index in [9.17, 15) is 10.1 Å². The largest absolute Gasteiger partial charge is 0.377 e. The maximum absolute atomic E-state index is 10.9. The van der Waals surface area contributed by atoms with Crippen LogP contribution in [0.4, 0.5) is 11.4 Å². The molecule has 2 aromatic rings. The summed E-state index contributed by atoms with van der Waals surface area (Å²) < 4.78 is 1.89. The van der Waals surface area contributed by atoms with Crippen molar-refractivity contribution in [1.82, 2.24) is 9.78 Å². The summed E-state index contributed by atoms with van der Waals surface area (Å²) >= 11 is 6.15. The van der Waals surface area contributed by atoms with Gasteiger partial charge in [-0.15, -0.1) is 0 Å². The molecule has 3 rings (SSSR count). The summed E-state index contributed by atoms with van der Waals surface area (Å²) in [5, 5.41) is 19.0. The van der Waals surface area contributed by atoms with Crippen LogP contribution in [0.2, 0.25) is 5.02 Å². The third kappa shape index (κ3) is 2.58. The van der Waals surface area contributed by atoms with Gasteiger partial charge in [-0.2, -0.15) is 5.10 Å². The van der Waals surface area contributed by atoms with Gasteiger partial charge in [-0.1, -0.05) is 11.6 Å². The minimum atomic E-state index is -0.419. The number of nitrogens with one attached hydrogen (secondary N) is 1. The first-order valence-electron chi connectivity index (χ1n) is 6.77. The van der Waals surface area contributed by atoms with Gasteiger partial charge in [0, 0.05) is 30.4 Å². The van der Waals surface area contributed by atoms with Crippen LogP contribution in [0.25, 0.3) is 0 Å². The normalized spacial score (nSPS) is 17.3. The smallest absolute Gasteiger partial charge is 0.271 e. The van der Waals surface area contributed by atoms with Crippen molar-refractivity contribution in [2.24, 2.45) is 7.05 Å². The molecule has 0 radical (unpaired) electrons. The maximum Gasteiger partial charge on any atom is 0.271 e. The molecule has 6 nitrogen and oxygen atoms in total. The number of non-ortho nitro benzene ring substituents is 1. The second-order valence-corrected chi connectivity index (χ2v) is 5.59. The number of benzene rings is 1. The molecule has 21 heavy (non-hydrogen) atoms. The fraction of sp³-hybridized carbons (Fsp3) is 0.357. The van der Waals surface area contributed by atoms with Gasteiger partial charge >= 0.3 is 0 Å². The van der Waals surface area contributed by atoms with Crippen LogP contribution < -0.4 is 5.32 Å². The van der Waals surface area contributed by atoms with E-state index in [4.69, 9.17) is 11.6 Å². The zero-order valence-corrected chi connectivity index (χ0v) is 12.3. The summed E-state index contributed by atoms with van der Waals surface area (Å²) in [6.45, 7) is 0. The van der Waals surface area contributed by atoms with Crippen molar-refractivity contribution < 1.29 is 4.92 Å². The fourth-order valence-electron chi connectivity index (χ4n) is 2.78. The topological polar surface area (TPSA) is 73.0 Å². The number of hydrogen-bond donors (Lipinski definition) is 1. The third-order valence-electron chi connectivity index (χ3n) is 3.87. The van der Waals surface area contributed by atoms with Gasteiger partial charge in [0.1, 0.15) is 0 Å². The van der Waals surface area contributed by atoms with Crippen molar-refractivity contribution >= 4 is 23.0 Å². The lowest BCUT2D eigenvalue weighted by atomic mass is 9.93. The predicted molar refractivity (Wildman–Crippen MR) is 80.6 cm³/mol. The summed E-state index contributed by atoms with van der Waals surface area (Å²) in [6, 6.07) is 4.52. The number of aryl methyl sites for hydroxylation is 1. The van der Waals surface area contributed by atoms with Crippen LogP contribution in [0, 0.1) is 10.1 Å². The zero-order valence-electron chi connectivity index (χ0n) is 11.5. The Labute approximate surface area is 126 Å². The Balaban J connectivity index is 1.91. The molecule has 0 fully saturated rings. The van der Waals surface area contributed by atoms with Crippen LogP contribution in [0.3, 0.4) is 0 Å². The maximum atomic E-state index is 10.9. The van der Waals surface area contributed by atoms with Crippen molar-refractivity contribution in [2.75, 3.05) is 5.32 Å². The monoisotopic (exact) mass is 306 g/mol. The van der Waals surface area contributed by atoms with E-state index in [1.807, 2.05) is 17.9 Å². The molecule has 0 aliphatic heterocycles. The fourth-order valence-corrected chi connectivity index (χ4v) is 2.95. The molecule has 1 aromatic carbocycles. The summed E-state index contributed by atoms with van der Waals surface area (Å²) in [7, 11) is 1.93. The molecule has 0 saturated heterocycles. The highest BCUT2D eigenvalue weighted by Crippen LogP contribution is 2.35. The summed E-state index contributed by atoms with van der Waals surface area (Å²) in [5.74, 6) is 0. The second-order valence-electron chi connectivity index (χ2n) is 5.18. The number of aromatic nitrogens is 2. The van der Waals surface area contributed by atoms with Gasteiger partial charge in [0.25, 0.3) is 5.69 Å². The Morgan fingerprint density at radius 2 is 2.33 bits per heavy atom. The van der Waals surface area contributed by atoms with Gasteiger partial charge in [-0.25, -0.2) is 0 Å². The molecule has 0 amide bonds. The lowest BCUT2D eigenvalue weighted by molar-refractivity contribution is -0.384. The third-order valence-corrected chi connectivity index (χ3v) is 4.20. The molecule has 0 spiro atoms. The number of nitro groups is 1. The van der Waals surface area contributed by atoms with Crippen molar-refractivity contribution in [3.05, 3.63) is 50.8 Å². The van der Waals surface area contributed by atoms with Crippen LogP contribution in [0.5, 0.6) is 0 Å². The van der Waals surface area contributed by atoms with Gasteiger partial charge in [0.2, 0.25) is 0 Å². The number of fused-ring (bicyclic) bond motifs is 1. The highest BCUT2D eigenvalue weighted by Gasteiger charge is 2.24. The van der Waals surface area contributed by atoms with Crippen molar-refractivity contribution in [2.45, 2.75) is 25.3 Å². The number of halogens is 1. The Morgan fingerprint density at radius 3 is 3.10 bits per heavy atom. The van der Waals surface area contributed by atoms with E-state index in [1.54, 1.807) is 6.07 Å². The predicted octanol–water partition coefficient (Wildman–Crippen LogP) is 3.47. The average Bonchev–Trinajstić information content (AvgIpc) is 2.84. The molecule has 7 heteroatoms. The molecule has 1 aliphatic rings. The van der Waals surface area contributed by atoms with Crippen molar-refractivity contribution in [3.63, 3.8) is 0 Å². The van der Waals surface area contributed by atoms with Gasteiger partial charge in [-0.3, -0.25) is 14.8 Å². The molecular formula is C14H15ClN4O2. The highest BCUT2D eigenvalue weighted by atomic mass is 35.5. The van der Waals surface area contributed by atoms with Crippen LogP contribution in [0.1, 0.15) is 30.1 Å². The minimum Gasteiger partial charge on any atom is -0.377 e. The number of hydrogen-bond acceptors (Lipinski definition) is 4. The summed E-state index contributed by atoms with van der Waals surface area (Å²) in [4.78, 5) is 10.5. The molecule has 1 heterocycles. The minimum absolute atomic E-state index is 0.0316. The molecule has 110 valence electrons. The molecule has 0 saturated carbocycles. The van der Waals surface area contributed by atoms with Gasteiger partial charge in [-0.05, 0) is 25.3 Å². The molecule has 1 N–H and O–H groups in total. The van der Waals surface area contributed by atoms with Gasteiger partial charge < -0.3 is 5.32 Å². The lowest BCUT2D eigenvalue weighted by Crippen LogP contribution is -2.18. The number of rotatable bonds is 3. The molecule has 1 unspecified atom stereocenters. The van der Waals surface area contributed by atoms with Crippen LogP contribution >= 0.6 is 11.6 Å². The first-order valence-corrected chi connectivity index (χ1v) is 7.15. The molecule has 0 bridgehead atoms. The zero-order chi connectivity index (χ0) is 15.0. The van der Waals surface area contributed by atoms with E-state index in [1.165, 1.54) is 17.8 Å². The average molecular weight is 307 g/mol. The van der Waals surface area contributed by atoms with Crippen LogP contribution in [-0.2, 0) is 13.5 Å². The quantitative estimate of drug-likeness (QED) is 0.696.